The van der Waals surface area contributed by atoms with E-state index in [1.54, 1.807) is 0 Å². The number of unbranched alkanes of at least 4 members (excludes halogenated alkanes) is 2. The molecule has 0 aliphatic rings. The fraction of sp³-hybridized carbons (Fsp3) is 0.385. The third kappa shape index (κ3) is 4.41. The molecule has 0 atom stereocenters. The van der Waals surface area contributed by atoms with Crippen LogP contribution in [-0.4, -0.2) is 27.9 Å². The molecule has 0 aliphatic heterocycles. The highest BCUT2D eigenvalue weighted by molar-refractivity contribution is 7.99. The zero-order valence-corrected chi connectivity index (χ0v) is 11.0. The summed E-state index contributed by atoms with van der Waals surface area (Å²) >= 11 is 1.50. The van der Waals surface area contributed by atoms with E-state index in [0.717, 1.165) is 25.0 Å². The number of rotatable bonds is 7. The van der Waals surface area contributed by atoms with Crippen LogP contribution in [0.15, 0.2) is 23.1 Å². The van der Waals surface area contributed by atoms with Crippen LogP contribution in [0.3, 0.4) is 0 Å². The van der Waals surface area contributed by atoms with Crippen LogP contribution in [-0.2, 0) is 0 Å². The standard InChI is InChI=1S/C13H16O4S/c1-2-3-4-5-18-11-7-9(12(14)15)6-10(8-11)13(16)17/h6-8H,2-5H2,1H3,(H,14,15)(H,16,17). The van der Waals surface area contributed by atoms with E-state index in [9.17, 15) is 9.59 Å². The van der Waals surface area contributed by atoms with E-state index in [1.807, 2.05) is 0 Å². The molecule has 0 aliphatic carbocycles. The summed E-state index contributed by atoms with van der Waals surface area (Å²) in [4.78, 5) is 22.5. The maximum Gasteiger partial charge on any atom is 0.335 e. The first-order chi connectivity index (χ1) is 8.54. The molecule has 2 N–H and O–H groups in total. The van der Waals surface area contributed by atoms with Crippen molar-refractivity contribution in [1.82, 2.24) is 0 Å². The van der Waals surface area contributed by atoms with Crippen molar-refractivity contribution in [2.75, 3.05) is 5.75 Å². The van der Waals surface area contributed by atoms with Gasteiger partial charge < -0.3 is 10.2 Å². The van der Waals surface area contributed by atoms with Crippen LogP contribution < -0.4 is 0 Å². The molecular formula is C13H16O4S. The van der Waals surface area contributed by atoms with Crippen LogP contribution in [0.2, 0.25) is 0 Å². The van der Waals surface area contributed by atoms with Crippen molar-refractivity contribution in [3.05, 3.63) is 29.3 Å². The second kappa shape index (κ2) is 7.06. The summed E-state index contributed by atoms with van der Waals surface area (Å²) in [6.45, 7) is 2.11. The molecule has 0 amide bonds. The van der Waals surface area contributed by atoms with E-state index in [-0.39, 0.29) is 11.1 Å². The maximum atomic E-state index is 10.9. The normalized spacial score (nSPS) is 10.3. The summed E-state index contributed by atoms with van der Waals surface area (Å²) in [5.74, 6) is -1.34. The predicted molar refractivity (Wildman–Crippen MR) is 70.6 cm³/mol. The first kappa shape index (κ1) is 14.6. The molecule has 0 heterocycles. The van der Waals surface area contributed by atoms with Crippen LogP contribution in [0.4, 0.5) is 0 Å². The average Bonchev–Trinajstić information content (AvgIpc) is 2.34. The molecule has 1 aromatic rings. The summed E-state index contributed by atoms with van der Waals surface area (Å²) in [7, 11) is 0. The first-order valence-corrected chi connectivity index (χ1v) is 6.77. The highest BCUT2D eigenvalue weighted by Crippen LogP contribution is 2.23. The Hall–Kier alpha value is -1.49. The van der Waals surface area contributed by atoms with E-state index < -0.39 is 11.9 Å². The molecule has 1 rings (SSSR count). The SMILES string of the molecule is CCCCCSc1cc(C(=O)O)cc(C(=O)O)c1. The van der Waals surface area contributed by atoms with Gasteiger partial charge in [-0.15, -0.1) is 11.8 Å². The lowest BCUT2D eigenvalue weighted by Gasteiger charge is -2.05. The topological polar surface area (TPSA) is 74.6 Å². The monoisotopic (exact) mass is 268 g/mol. The highest BCUT2D eigenvalue weighted by Gasteiger charge is 2.11. The molecule has 18 heavy (non-hydrogen) atoms. The van der Waals surface area contributed by atoms with Gasteiger partial charge in [-0.1, -0.05) is 19.8 Å². The Morgan fingerprint density at radius 3 is 2.06 bits per heavy atom. The highest BCUT2D eigenvalue weighted by atomic mass is 32.2. The van der Waals surface area contributed by atoms with Crippen molar-refractivity contribution in [3.8, 4) is 0 Å². The number of carbonyl (C=O) groups is 2. The average molecular weight is 268 g/mol. The molecule has 98 valence electrons. The van der Waals surface area contributed by atoms with Gasteiger partial charge in [0.1, 0.15) is 0 Å². The van der Waals surface area contributed by atoms with Gasteiger partial charge in [-0.25, -0.2) is 9.59 Å². The lowest BCUT2D eigenvalue weighted by atomic mass is 10.1. The molecule has 0 bridgehead atoms. The van der Waals surface area contributed by atoms with Crippen molar-refractivity contribution in [3.63, 3.8) is 0 Å². The summed E-state index contributed by atoms with van der Waals surface area (Å²) in [6, 6.07) is 4.22. The fourth-order valence-corrected chi connectivity index (χ4v) is 2.48. The molecule has 0 radical (unpaired) electrons. The molecule has 0 aromatic heterocycles. The van der Waals surface area contributed by atoms with Crippen molar-refractivity contribution >= 4 is 23.7 Å². The van der Waals surface area contributed by atoms with E-state index in [4.69, 9.17) is 10.2 Å². The van der Waals surface area contributed by atoms with E-state index in [2.05, 4.69) is 6.92 Å². The van der Waals surface area contributed by atoms with Crippen LogP contribution in [0.1, 0.15) is 46.9 Å². The molecule has 1 aromatic carbocycles. The Kier molecular flexibility index (Phi) is 5.71. The van der Waals surface area contributed by atoms with Crippen LogP contribution >= 0.6 is 11.8 Å². The summed E-state index contributed by atoms with van der Waals surface area (Å²) in [6.07, 6.45) is 3.29. The quantitative estimate of drug-likeness (QED) is 0.586. The molecule has 0 saturated heterocycles. The van der Waals surface area contributed by atoms with Crippen LogP contribution in [0, 0.1) is 0 Å². The Morgan fingerprint density at radius 1 is 1.06 bits per heavy atom. The Balaban J connectivity index is 2.83. The van der Waals surface area contributed by atoms with E-state index >= 15 is 0 Å². The smallest absolute Gasteiger partial charge is 0.335 e. The minimum atomic E-state index is -1.10. The van der Waals surface area contributed by atoms with Crippen molar-refractivity contribution < 1.29 is 19.8 Å². The molecule has 5 heteroatoms. The van der Waals surface area contributed by atoms with Gasteiger partial charge in [-0.05, 0) is 30.4 Å². The van der Waals surface area contributed by atoms with Crippen LogP contribution in [0.25, 0.3) is 0 Å². The molecule has 4 nitrogen and oxygen atoms in total. The van der Waals surface area contributed by atoms with Gasteiger partial charge in [0.2, 0.25) is 0 Å². The van der Waals surface area contributed by atoms with Gasteiger partial charge >= 0.3 is 11.9 Å². The summed E-state index contributed by atoms with van der Waals surface area (Å²) < 4.78 is 0. The van der Waals surface area contributed by atoms with Crippen molar-refractivity contribution in [2.45, 2.75) is 31.1 Å². The van der Waals surface area contributed by atoms with Gasteiger partial charge in [0, 0.05) is 4.90 Å². The van der Waals surface area contributed by atoms with Gasteiger partial charge in [-0.3, -0.25) is 0 Å². The predicted octanol–water partition coefficient (Wildman–Crippen LogP) is 3.37. The zero-order valence-electron chi connectivity index (χ0n) is 10.2. The molecule has 0 fully saturated rings. The summed E-state index contributed by atoms with van der Waals surface area (Å²) in [5, 5.41) is 17.8. The lowest BCUT2D eigenvalue weighted by Crippen LogP contribution is -2.02. The Bertz CT molecular complexity index is 410. The number of hydrogen-bond acceptors (Lipinski definition) is 3. The number of carboxylic acids is 2. The van der Waals surface area contributed by atoms with Gasteiger partial charge in [0.15, 0.2) is 0 Å². The fourth-order valence-electron chi connectivity index (χ4n) is 1.47. The zero-order chi connectivity index (χ0) is 13.5. The lowest BCUT2D eigenvalue weighted by molar-refractivity contribution is 0.0696. The number of thioether (sulfide) groups is 1. The molecule has 0 spiro atoms. The summed E-state index contributed by atoms with van der Waals surface area (Å²) in [5.41, 5.74) is 0.0424. The number of hydrogen-bond donors (Lipinski definition) is 2. The van der Waals surface area contributed by atoms with Crippen molar-refractivity contribution in [1.29, 1.82) is 0 Å². The number of benzene rings is 1. The van der Waals surface area contributed by atoms with Gasteiger partial charge in [-0.2, -0.15) is 0 Å². The first-order valence-electron chi connectivity index (χ1n) is 5.79. The third-order valence-electron chi connectivity index (χ3n) is 2.42. The molecule has 0 unspecified atom stereocenters. The Morgan fingerprint density at radius 2 is 1.61 bits per heavy atom. The number of aromatic carboxylic acids is 2. The van der Waals surface area contributed by atoms with E-state index in [1.165, 1.54) is 30.0 Å². The molecule has 0 saturated carbocycles. The van der Waals surface area contributed by atoms with Gasteiger partial charge in [0.05, 0.1) is 11.1 Å². The third-order valence-corrected chi connectivity index (χ3v) is 3.48. The maximum absolute atomic E-state index is 10.9. The van der Waals surface area contributed by atoms with Crippen LogP contribution in [0.5, 0.6) is 0 Å². The number of carboxylic acid groups (broad SMARTS) is 2. The minimum Gasteiger partial charge on any atom is -0.478 e. The van der Waals surface area contributed by atoms with Crippen molar-refractivity contribution in [2.24, 2.45) is 0 Å². The van der Waals surface area contributed by atoms with Gasteiger partial charge in [0.25, 0.3) is 0 Å². The molecular weight excluding hydrogens is 252 g/mol. The Labute approximate surface area is 110 Å². The van der Waals surface area contributed by atoms with E-state index in [0.29, 0.717) is 4.90 Å². The minimum absolute atomic E-state index is 0.0212. The largest absolute Gasteiger partial charge is 0.478 e. The second-order valence-electron chi connectivity index (χ2n) is 3.91. The second-order valence-corrected chi connectivity index (χ2v) is 5.08.